The number of benzene rings is 2. The Labute approximate surface area is 162 Å². The van der Waals surface area contributed by atoms with Gasteiger partial charge in [-0.1, -0.05) is 12.1 Å². The molecule has 0 radical (unpaired) electrons. The number of rotatable bonds is 6. The molecule has 0 spiro atoms. The van der Waals surface area contributed by atoms with E-state index in [1.54, 1.807) is 24.3 Å². The van der Waals surface area contributed by atoms with Gasteiger partial charge in [-0.3, -0.25) is 9.59 Å². The lowest BCUT2D eigenvalue weighted by atomic mass is 10.2. The first-order valence-electron chi connectivity index (χ1n) is 8.26. The number of sulfone groups is 1. The fraction of sp³-hybridized carbons (Fsp3) is 0.211. The van der Waals surface area contributed by atoms with Gasteiger partial charge in [0.25, 0.3) is 5.91 Å². The average molecular weight is 404 g/mol. The normalized spacial score (nSPS) is 12.0. The summed E-state index contributed by atoms with van der Waals surface area (Å²) in [6.45, 7) is 2.76. The van der Waals surface area contributed by atoms with E-state index < -0.39 is 27.8 Å². The molecule has 2 amide bonds. The Morgan fingerprint density at radius 1 is 0.929 bits per heavy atom. The second-order valence-electron chi connectivity index (χ2n) is 6.06. The molecule has 9 heteroatoms. The van der Waals surface area contributed by atoms with Crippen molar-refractivity contribution in [1.82, 2.24) is 0 Å². The lowest BCUT2D eigenvalue weighted by Crippen LogP contribution is -2.30. The van der Waals surface area contributed by atoms with Gasteiger partial charge in [-0.05, 0) is 43.3 Å². The molecule has 0 fully saturated rings. The van der Waals surface area contributed by atoms with E-state index in [1.807, 2.05) is 0 Å². The fourth-order valence-electron chi connectivity index (χ4n) is 2.32. The maximum atomic E-state index is 12.3. The van der Waals surface area contributed by atoms with Crippen LogP contribution in [0.3, 0.4) is 0 Å². The smallest absolute Gasteiger partial charge is 0.340 e. The molecular weight excluding hydrogens is 384 g/mol. The Balaban J connectivity index is 2.05. The number of carbonyl (C=O) groups excluding carboxylic acids is 3. The maximum Gasteiger partial charge on any atom is 0.340 e. The van der Waals surface area contributed by atoms with Gasteiger partial charge in [0.15, 0.2) is 15.9 Å². The van der Waals surface area contributed by atoms with E-state index in [0.29, 0.717) is 11.4 Å². The molecule has 2 aromatic carbocycles. The van der Waals surface area contributed by atoms with Gasteiger partial charge in [-0.15, -0.1) is 0 Å². The van der Waals surface area contributed by atoms with Crippen LogP contribution in [-0.4, -0.2) is 38.6 Å². The third-order valence-electron chi connectivity index (χ3n) is 3.63. The van der Waals surface area contributed by atoms with Crippen LogP contribution in [0.15, 0.2) is 53.4 Å². The van der Waals surface area contributed by atoms with Gasteiger partial charge in [-0.2, -0.15) is 0 Å². The lowest BCUT2D eigenvalue weighted by Gasteiger charge is -2.15. The summed E-state index contributed by atoms with van der Waals surface area (Å²) in [5.74, 6) is -1.71. The summed E-state index contributed by atoms with van der Waals surface area (Å²) in [5.41, 5.74) is 0.880. The van der Waals surface area contributed by atoms with E-state index in [2.05, 4.69) is 10.6 Å². The summed E-state index contributed by atoms with van der Waals surface area (Å²) in [4.78, 5) is 35.4. The van der Waals surface area contributed by atoms with Crippen molar-refractivity contribution >= 4 is 39.0 Å². The van der Waals surface area contributed by atoms with Crippen molar-refractivity contribution in [2.45, 2.75) is 24.8 Å². The van der Waals surface area contributed by atoms with E-state index in [1.165, 1.54) is 38.1 Å². The second-order valence-corrected chi connectivity index (χ2v) is 8.05. The highest BCUT2D eigenvalue weighted by molar-refractivity contribution is 7.90. The first-order chi connectivity index (χ1) is 13.1. The average Bonchev–Trinajstić information content (AvgIpc) is 2.62. The van der Waals surface area contributed by atoms with Crippen molar-refractivity contribution in [3.05, 3.63) is 54.1 Å². The summed E-state index contributed by atoms with van der Waals surface area (Å²) >= 11 is 0. The number of nitrogens with one attached hydrogen (secondary N) is 2. The third-order valence-corrected chi connectivity index (χ3v) is 4.79. The number of anilines is 2. The number of esters is 1. The zero-order valence-electron chi connectivity index (χ0n) is 15.6. The number of carbonyl (C=O) groups is 3. The van der Waals surface area contributed by atoms with Gasteiger partial charge in [0.05, 0.1) is 10.5 Å². The fourth-order valence-corrected chi connectivity index (χ4v) is 3.20. The molecule has 0 aliphatic heterocycles. The van der Waals surface area contributed by atoms with Crippen LogP contribution in [0.25, 0.3) is 0 Å². The highest BCUT2D eigenvalue weighted by atomic mass is 32.2. The molecule has 0 saturated heterocycles. The molecule has 0 aliphatic carbocycles. The molecule has 0 saturated carbocycles. The van der Waals surface area contributed by atoms with Crippen molar-refractivity contribution in [2.24, 2.45) is 0 Å². The van der Waals surface area contributed by atoms with Crippen molar-refractivity contribution in [3.8, 4) is 0 Å². The minimum absolute atomic E-state index is 0.135. The predicted octanol–water partition coefficient (Wildman–Crippen LogP) is 2.23. The standard InChI is InChI=1S/C19H20N2O6S/c1-12(18(23)21-15-10-8-14(9-11-15)20-13(2)22)27-19(24)16-6-4-5-7-17(16)28(3,25)26/h4-12H,1-3H3,(H,20,22)(H,21,23)/t12-/m0/s1. The molecular formula is C19H20N2O6S. The van der Waals surface area contributed by atoms with Crippen LogP contribution in [0.4, 0.5) is 11.4 Å². The molecule has 2 rings (SSSR count). The Morgan fingerprint density at radius 2 is 1.46 bits per heavy atom. The SMILES string of the molecule is CC(=O)Nc1ccc(NC(=O)[C@H](C)OC(=O)c2ccccc2S(C)(=O)=O)cc1. The molecule has 2 aromatic rings. The third kappa shape index (κ3) is 5.65. The van der Waals surface area contributed by atoms with Crippen LogP contribution in [0.2, 0.25) is 0 Å². The molecule has 0 unspecified atom stereocenters. The summed E-state index contributed by atoms with van der Waals surface area (Å²) in [7, 11) is -3.63. The van der Waals surface area contributed by atoms with Crippen molar-refractivity contribution in [1.29, 1.82) is 0 Å². The number of amides is 2. The molecule has 0 heterocycles. The van der Waals surface area contributed by atoms with E-state index in [4.69, 9.17) is 4.74 Å². The Morgan fingerprint density at radius 3 is 2.00 bits per heavy atom. The highest BCUT2D eigenvalue weighted by Crippen LogP contribution is 2.18. The molecule has 0 bridgehead atoms. The van der Waals surface area contributed by atoms with E-state index in [-0.39, 0.29) is 16.4 Å². The number of hydrogen-bond acceptors (Lipinski definition) is 6. The maximum absolute atomic E-state index is 12.3. The first-order valence-corrected chi connectivity index (χ1v) is 10.2. The molecule has 2 N–H and O–H groups in total. The minimum Gasteiger partial charge on any atom is -0.449 e. The Kier molecular flexibility index (Phi) is 6.53. The monoisotopic (exact) mass is 404 g/mol. The summed E-state index contributed by atoms with van der Waals surface area (Å²) in [6, 6.07) is 12.0. The van der Waals surface area contributed by atoms with E-state index in [9.17, 15) is 22.8 Å². The van der Waals surface area contributed by atoms with Crippen LogP contribution in [0, 0.1) is 0 Å². The van der Waals surface area contributed by atoms with Gasteiger partial charge in [0, 0.05) is 24.6 Å². The van der Waals surface area contributed by atoms with Crippen LogP contribution >= 0.6 is 0 Å². The van der Waals surface area contributed by atoms with E-state index >= 15 is 0 Å². The van der Waals surface area contributed by atoms with Gasteiger partial charge < -0.3 is 15.4 Å². The molecule has 8 nitrogen and oxygen atoms in total. The summed E-state index contributed by atoms with van der Waals surface area (Å²) in [6.07, 6.45) is -0.171. The van der Waals surface area contributed by atoms with Crippen LogP contribution < -0.4 is 10.6 Å². The number of hydrogen-bond donors (Lipinski definition) is 2. The van der Waals surface area contributed by atoms with Crippen molar-refractivity contribution < 1.29 is 27.5 Å². The van der Waals surface area contributed by atoms with Crippen molar-refractivity contribution in [3.63, 3.8) is 0 Å². The minimum atomic E-state index is -3.63. The Bertz CT molecular complexity index is 999. The second kappa shape index (κ2) is 8.66. The van der Waals surface area contributed by atoms with E-state index in [0.717, 1.165) is 6.26 Å². The lowest BCUT2D eigenvalue weighted by molar-refractivity contribution is -0.123. The molecule has 148 valence electrons. The van der Waals surface area contributed by atoms with Crippen LogP contribution in [0.1, 0.15) is 24.2 Å². The molecule has 0 aromatic heterocycles. The quantitative estimate of drug-likeness (QED) is 0.713. The highest BCUT2D eigenvalue weighted by Gasteiger charge is 2.23. The summed E-state index contributed by atoms with van der Waals surface area (Å²) in [5, 5.41) is 5.18. The number of ether oxygens (including phenoxy) is 1. The predicted molar refractivity (Wildman–Crippen MR) is 104 cm³/mol. The van der Waals surface area contributed by atoms with Crippen molar-refractivity contribution in [2.75, 3.05) is 16.9 Å². The molecule has 1 atom stereocenters. The van der Waals surface area contributed by atoms with Crippen LogP contribution in [-0.2, 0) is 24.2 Å². The topological polar surface area (TPSA) is 119 Å². The zero-order valence-corrected chi connectivity index (χ0v) is 16.4. The van der Waals surface area contributed by atoms with Gasteiger partial charge in [-0.25, -0.2) is 13.2 Å². The summed E-state index contributed by atoms with van der Waals surface area (Å²) < 4.78 is 28.7. The van der Waals surface area contributed by atoms with Gasteiger partial charge in [0.2, 0.25) is 5.91 Å². The zero-order chi connectivity index (χ0) is 20.9. The van der Waals surface area contributed by atoms with Gasteiger partial charge >= 0.3 is 5.97 Å². The van der Waals surface area contributed by atoms with Gasteiger partial charge in [0.1, 0.15) is 0 Å². The Hall–Kier alpha value is -3.20. The van der Waals surface area contributed by atoms with Crippen LogP contribution in [0.5, 0.6) is 0 Å². The molecule has 0 aliphatic rings. The first kappa shape index (κ1) is 21.1. The largest absolute Gasteiger partial charge is 0.449 e. The molecule has 28 heavy (non-hydrogen) atoms.